The van der Waals surface area contributed by atoms with Crippen molar-refractivity contribution in [2.45, 2.75) is 45.6 Å². The maximum atomic E-state index is 6.08. The normalized spacial score (nSPS) is 16.2. The molecule has 0 amide bonds. The number of aryl methyl sites for hydroxylation is 2. The molecule has 2 N–H and O–H groups in total. The highest BCUT2D eigenvalue weighted by atomic mass is 16.4. The zero-order valence-corrected chi connectivity index (χ0v) is 12.2. The molecule has 1 atom stereocenters. The van der Waals surface area contributed by atoms with Crippen LogP contribution in [-0.2, 0) is 12.8 Å². The topological polar surface area (TPSA) is 52.0 Å². The van der Waals surface area contributed by atoms with Crippen LogP contribution in [0.3, 0.4) is 0 Å². The number of hydrogen-bond acceptors (Lipinski definition) is 3. The van der Waals surface area contributed by atoms with E-state index in [4.69, 9.17) is 10.2 Å². The van der Waals surface area contributed by atoms with Crippen LogP contribution in [0.2, 0.25) is 0 Å². The summed E-state index contributed by atoms with van der Waals surface area (Å²) < 4.78 is 5.85. The van der Waals surface area contributed by atoms with Gasteiger partial charge >= 0.3 is 0 Å². The number of nitrogens with two attached hydrogens (primary N) is 1. The van der Waals surface area contributed by atoms with Crippen molar-refractivity contribution in [1.82, 2.24) is 4.98 Å². The van der Waals surface area contributed by atoms with E-state index in [-0.39, 0.29) is 6.04 Å². The molecule has 0 fully saturated rings. The Morgan fingerprint density at radius 1 is 1.15 bits per heavy atom. The maximum absolute atomic E-state index is 6.08. The van der Waals surface area contributed by atoms with Crippen LogP contribution in [0.1, 0.15) is 49.7 Å². The molecule has 0 radical (unpaired) electrons. The molecule has 1 aromatic carbocycles. The first kappa shape index (κ1) is 13.4. The highest BCUT2D eigenvalue weighted by Gasteiger charge is 2.18. The highest BCUT2D eigenvalue weighted by Crippen LogP contribution is 2.29. The van der Waals surface area contributed by atoms with Gasteiger partial charge in [-0.25, -0.2) is 4.98 Å². The van der Waals surface area contributed by atoms with Crippen molar-refractivity contribution in [3.8, 4) is 11.3 Å². The molecule has 3 nitrogen and oxygen atoms in total. The molecule has 2 aromatic rings. The smallest absolute Gasteiger partial charge is 0.212 e. The lowest BCUT2D eigenvalue weighted by atomic mass is 9.90. The van der Waals surface area contributed by atoms with Crippen molar-refractivity contribution < 1.29 is 4.42 Å². The zero-order chi connectivity index (χ0) is 14.1. The fraction of sp³-hybridized carbons (Fsp3) is 0.471. The standard InChI is InChI=1S/C17H22N2O/c1-11(2)16(18)17-19-10-15(20-17)14-8-7-12-5-3-4-6-13(12)9-14/h7-11,16H,3-6,18H2,1-2H3. The Bertz CT molecular complexity index is 601. The van der Waals surface area contributed by atoms with Crippen molar-refractivity contribution in [2.75, 3.05) is 0 Å². The molecule has 1 heterocycles. The molecule has 0 saturated carbocycles. The second kappa shape index (κ2) is 5.41. The van der Waals surface area contributed by atoms with Crippen LogP contribution in [0.15, 0.2) is 28.8 Å². The van der Waals surface area contributed by atoms with E-state index in [1.807, 2.05) is 0 Å². The summed E-state index contributed by atoms with van der Waals surface area (Å²) in [7, 11) is 0. The SMILES string of the molecule is CC(C)C(N)c1ncc(-c2ccc3c(c2)CCCC3)o1. The summed E-state index contributed by atoms with van der Waals surface area (Å²) in [5, 5.41) is 0. The number of rotatable bonds is 3. The molecule has 0 aliphatic heterocycles. The van der Waals surface area contributed by atoms with Gasteiger partial charge in [0.05, 0.1) is 12.2 Å². The molecule has 1 aliphatic rings. The Labute approximate surface area is 120 Å². The Morgan fingerprint density at radius 3 is 2.65 bits per heavy atom. The van der Waals surface area contributed by atoms with Crippen LogP contribution in [0.5, 0.6) is 0 Å². The fourth-order valence-electron chi connectivity index (χ4n) is 2.75. The first-order valence-electron chi connectivity index (χ1n) is 7.48. The molecule has 3 rings (SSSR count). The zero-order valence-electron chi connectivity index (χ0n) is 12.2. The third-order valence-corrected chi connectivity index (χ3v) is 4.16. The average molecular weight is 270 g/mol. The molecule has 1 aromatic heterocycles. The van der Waals surface area contributed by atoms with Gasteiger partial charge in [-0.2, -0.15) is 0 Å². The van der Waals surface area contributed by atoms with E-state index in [1.54, 1.807) is 6.20 Å². The minimum Gasteiger partial charge on any atom is -0.439 e. The number of nitrogens with zero attached hydrogens (tertiary/aromatic N) is 1. The monoisotopic (exact) mass is 270 g/mol. The summed E-state index contributed by atoms with van der Waals surface area (Å²) in [5.74, 6) is 1.78. The van der Waals surface area contributed by atoms with Crippen LogP contribution in [-0.4, -0.2) is 4.98 Å². The van der Waals surface area contributed by atoms with Gasteiger partial charge in [0.2, 0.25) is 5.89 Å². The largest absolute Gasteiger partial charge is 0.439 e. The number of benzene rings is 1. The third kappa shape index (κ3) is 2.50. The second-order valence-electron chi connectivity index (χ2n) is 6.02. The molecule has 3 heteroatoms. The summed E-state index contributed by atoms with van der Waals surface area (Å²) in [4.78, 5) is 4.33. The summed E-state index contributed by atoms with van der Waals surface area (Å²) in [6.07, 6.45) is 6.77. The minimum absolute atomic E-state index is 0.138. The first-order chi connectivity index (χ1) is 9.65. The molecule has 106 valence electrons. The lowest BCUT2D eigenvalue weighted by Gasteiger charge is -2.16. The molecule has 1 aliphatic carbocycles. The van der Waals surface area contributed by atoms with E-state index in [0.29, 0.717) is 11.8 Å². The maximum Gasteiger partial charge on any atom is 0.212 e. The quantitative estimate of drug-likeness (QED) is 0.921. The van der Waals surface area contributed by atoms with E-state index < -0.39 is 0 Å². The molecule has 0 saturated heterocycles. The molecular formula is C17H22N2O. The van der Waals surface area contributed by atoms with Crippen LogP contribution < -0.4 is 5.73 Å². The Hall–Kier alpha value is -1.61. The van der Waals surface area contributed by atoms with Gasteiger partial charge in [0.25, 0.3) is 0 Å². The summed E-state index contributed by atoms with van der Waals surface area (Å²) in [5.41, 5.74) is 10.1. The highest BCUT2D eigenvalue weighted by molar-refractivity contribution is 5.59. The summed E-state index contributed by atoms with van der Waals surface area (Å²) >= 11 is 0. The predicted octanol–water partition coefficient (Wildman–Crippen LogP) is 3.88. The molecule has 0 bridgehead atoms. The number of hydrogen-bond donors (Lipinski definition) is 1. The lowest BCUT2D eigenvalue weighted by Crippen LogP contribution is -2.16. The molecule has 0 spiro atoms. The van der Waals surface area contributed by atoms with Gasteiger partial charge in [0.1, 0.15) is 0 Å². The third-order valence-electron chi connectivity index (χ3n) is 4.16. The summed E-state index contributed by atoms with van der Waals surface area (Å²) in [6, 6.07) is 6.48. The van der Waals surface area contributed by atoms with Gasteiger partial charge in [-0.15, -0.1) is 0 Å². The first-order valence-corrected chi connectivity index (χ1v) is 7.48. The van der Waals surface area contributed by atoms with Crippen LogP contribution in [0.4, 0.5) is 0 Å². The van der Waals surface area contributed by atoms with E-state index in [9.17, 15) is 0 Å². The summed E-state index contributed by atoms with van der Waals surface area (Å²) in [6.45, 7) is 4.15. The Kier molecular flexibility index (Phi) is 3.62. The van der Waals surface area contributed by atoms with E-state index in [1.165, 1.54) is 36.8 Å². The van der Waals surface area contributed by atoms with E-state index in [0.717, 1.165) is 11.3 Å². The van der Waals surface area contributed by atoms with Crippen molar-refractivity contribution >= 4 is 0 Å². The Balaban J connectivity index is 1.89. The van der Waals surface area contributed by atoms with E-state index >= 15 is 0 Å². The number of oxazole rings is 1. The van der Waals surface area contributed by atoms with Gasteiger partial charge in [0.15, 0.2) is 5.76 Å². The van der Waals surface area contributed by atoms with Crippen LogP contribution in [0, 0.1) is 5.92 Å². The van der Waals surface area contributed by atoms with Crippen molar-refractivity contribution in [3.05, 3.63) is 41.4 Å². The van der Waals surface area contributed by atoms with Gasteiger partial charge in [-0.1, -0.05) is 26.0 Å². The van der Waals surface area contributed by atoms with Crippen molar-refractivity contribution in [1.29, 1.82) is 0 Å². The van der Waals surface area contributed by atoms with Crippen molar-refractivity contribution in [3.63, 3.8) is 0 Å². The van der Waals surface area contributed by atoms with Gasteiger partial charge in [0, 0.05) is 5.56 Å². The van der Waals surface area contributed by atoms with E-state index in [2.05, 4.69) is 37.0 Å². The van der Waals surface area contributed by atoms with Crippen LogP contribution in [0.25, 0.3) is 11.3 Å². The number of fused-ring (bicyclic) bond motifs is 1. The predicted molar refractivity (Wildman–Crippen MR) is 80.3 cm³/mol. The molecular weight excluding hydrogens is 248 g/mol. The minimum atomic E-state index is -0.138. The molecule has 20 heavy (non-hydrogen) atoms. The van der Waals surface area contributed by atoms with Crippen LogP contribution >= 0.6 is 0 Å². The lowest BCUT2D eigenvalue weighted by molar-refractivity contribution is 0.394. The van der Waals surface area contributed by atoms with Gasteiger partial charge in [-0.3, -0.25) is 0 Å². The second-order valence-corrected chi connectivity index (χ2v) is 6.02. The number of aromatic nitrogens is 1. The molecule has 1 unspecified atom stereocenters. The average Bonchev–Trinajstić information content (AvgIpc) is 2.95. The van der Waals surface area contributed by atoms with Gasteiger partial charge in [-0.05, 0) is 48.8 Å². The van der Waals surface area contributed by atoms with Gasteiger partial charge < -0.3 is 10.2 Å². The van der Waals surface area contributed by atoms with Crippen molar-refractivity contribution in [2.24, 2.45) is 11.7 Å². The fourth-order valence-corrected chi connectivity index (χ4v) is 2.75. The Morgan fingerprint density at radius 2 is 1.90 bits per heavy atom.